The lowest BCUT2D eigenvalue weighted by Crippen LogP contribution is -2.49. The van der Waals surface area contributed by atoms with Gasteiger partial charge in [-0.1, -0.05) is 12.1 Å². The number of amides is 2. The molecule has 2 aliphatic rings. The summed E-state index contributed by atoms with van der Waals surface area (Å²) >= 11 is 1.91. The number of hydrogen-bond donors (Lipinski definition) is 2. The molecule has 0 unspecified atom stereocenters. The molecule has 1 fully saturated rings. The molecule has 8 heteroatoms. The highest BCUT2D eigenvalue weighted by Gasteiger charge is 2.34. The van der Waals surface area contributed by atoms with E-state index in [0.717, 1.165) is 30.2 Å². The van der Waals surface area contributed by atoms with Crippen LogP contribution in [-0.2, 0) is 9.53 Å². The van der Waals surface area contributed by atoms with Crippen molar-refractivity contribution in [1.29, 1.82) is 0 Å². The monoisotopic (exact) mass is 377 g/mol. The van der Waals surface area contributed by atoms with E-state index >= 15 is 0 Å². The fourth-order valence-corrected chi connectivity index (χ4v) is 4.13. The van der Waals surface area contributed by atoms with Crippen LogP contribution in [0, 0.1) is 0 Å². The number of ether oxygens (including phenoxy) is 2. The number of benzene rings is 1. The van der Waals surface area contributed by atoms with Crippen LogP contribution in [-0.4, -0.2) is 62.3 Å². The van der Waals surface area contributed by atoms with Crippen LogP contribution < -0.4 is 15.4 Å². The highest BCUT2D eigenvalue weighted by Crippen LogP contribution is 2.30. The van der Waals surface area contributed by atoms with E-state index in [-0.39, 0.29) is 6.03 Å². The van der Waals surface area contributed by atoms with Crippen LogP contribution in [0.2, 0.25) is 0 Å². The third-order valence-corrected chi connectivity index (χ3v) is 5.41. The van der Waals surface area contributed by atoms with Gasteiger partial charge in [-0.15, -0.1) is 0 Å². The van der Waals surface area contributed by atoms with Gasteiger partial charge in [-0.05, 0) is 17.7 Å². The number of methoxy groups -OCH3 is 2. The zero-order valence-corrected chi connectivity index (χ0v) is 15.7. The Morgan fingerprint density at radius 3 is 2.77 bits per heavy atom. The van der Waals surface area contributed by atoms with Crippen molar-refractivity contribution in [1.82, 2.24) is 15.5 Å². The smallest absolute Gasteiger partial charge is 0.338 e. The summed E-state index contributed by atoms with van der Waals surface area (Å²) < 4.78 is 10.3. The lowest BCUT2D eigenvalue weighted by molar-refractivity contribution is -0.136. The molecule has 1 saturated heterocycles. The molecule has 0 aliphatic carbocycles. The van der Waals surface area contributed by atoms with Crippen LogP contribution in [0.3, 0.4) is 0 Å². The van der Waals surface area contributed by atoms with Crippen molar-refractivity contribution in [3.8, 4) is 5.75 Å². The molecule has 2 amide bonds. The first-order valence-electron chi connectivity index (χ1n) is 8.45. The quantitative estimate of drug-likeness (QED) is 0.758. The second kappa shape index (κ2) is 8.46. The fourth-order valence-electron chi connectivity index (χ4n) is 3.15. The lowest BCUT2D eigenvalue weighted by atomic mass is 9.94. The van der Waals surface area contributed by atoms with Gasteiger partial charge in [-0.2, -0.15) is 11.8 Å². The van der Waals surface area contributed by atoms with Crippen molar-refractivity contribution in [2.75, 3.05) is 45.4 Å². The SMILES string of the molecule is COC(=O)C1=C(CN2CCSCC2)NC(=O)N[C@H]1c1cccc(OC)c1. The van der Waals surface area contributed by atoms with E-state index in [9.17, 15) is 9.59 Å². The zero-order chi connectivity index (χ0) is 18.5. The first-order chi connectivity index (χ1) is 12.6. The molecule has 2 heterocycles. The van der Waals surface area contributed by atoms with Crippen LogP contribution in [0.1, 0.15) is 11.6 Å². The number of carbonyl (C=O) groups excluding carboxylic acids is 2. The van der Waals surface area contributed by atoms with Gasteiger partial charge in [0.05, 0.1) is 25.8 Å². The standard InChI is InChI=1S/C18H23N3O4S/c1-24-13-5-3-4-12(10-13)16-15(17(22)25-2)14(19-18(23)20-16)11-21-6-8-26-9-7-21/h3-5,10,16H,6-9,11H2,1-2H3,(H2,19,20,23)/t16-/m0/s1. The molecule has 1 aromatic rings. The van der Waals surface area contributed by atoms with Gasteiger partial charge in [0, 0.05) is 36.8 Å². The Kier molecular flexibility index (Phi) is 6.05. The average Bonchev–Trinajstić information content (AvgIpc) is 2.68. The molecule has 26 heavy (non-hydrogen) atoms. The molecule has 0 spiro atoms. The Hall–Kier alpha value is -2.19. The average molecular weight is 377 g/mol. The summed E-state index contributed by atoms with van der Waals surface area (Å²) in [6, 6.07) is 6.41. The van der Waals surface area contributed by atoms with E-state index in [4.69, 9.17) is 9.47 Å². The van der Waals surface area contributed by atoms with E-state index < -0.39 is 12.0 Å². The molecule has 2 aliphatic heterocycles. The summed E-state index contributed by atoms with van der Waals surface area (Å²) in [6.07, 6.45) is 0. The number of nitrogens with zero attached hydrogens (tertiary/aromatic N) is 1. The van der Waals surface area contributed by atoms with Gasteiger partial charge in [0.25, 0.3) is 0 Å². The molecule has 7 nitrogen and oxygen atoms in total. The highest BCUT2D eigenvalue weighted by atomic mass is 32.2. The Balaban J connectivity index is 1.98. The van der Waals surface area contributed by atoms with Crippen molar-refractivity contribution in [2.45, 2.75) is 6.04 Å². The molecule has 0 radical (unpaired) electrons. The predicted molar refractivity (Wildman–Crippen MR) is 100 cm³/mol. The summed E-state index contributed by atoms with van der Waals surface area (Å²) in [5.74, 6) is 2.31. The van der Waals surface area contributed by atoms with Crippen molar-refractivity contribution >= 4 is 23.8 Å². The van der Waals surface area contributed by atoms with E-state index in [1.165, 1.54) is 7.11 Å². The number of urea groups is 1. The number of nitrogens with one attached hydrogen (secondary N) is 2. The summed E-state index contributed by atoms with van der Waals surface area (Å²) in [5, 5.41) is 5.64. The van der Waals surface area contributed by atoms with Crippen LogP contribution in [0.5, 0.6) is 5.75 Å². The minimum absolute atomic E-state index is 0.327. The normalized spacial score (nSPS) is 21.0. The molecular weight excluding hydrogens is 354 g/mol. The number of rotatable bonds is 5. The Morgan fingerprint density at radius 1 is 1.31 bits per heavy atom. The van der Waals surface area contributed by atoms with Gasteiger partial charge < -0.3 is 20.1 Å². The Labute approximate surface area is 157 Å². The first-order valence-corrected chi connectivity index (χ1v) is 9.60. The third kappa shape index (κ3) is 4.13. The maximum Gasteiger partial charge on any atom is 0.338 e. The van der Waals surface area contributed by atoms with Crippen LogP contribution in [0.15, 0.2) is 35.5 Å². The number of carbonyl (C=O) groups is 2. The second-order valence-electron chi connectivity index (χ2n) is 6.08. The largest absolute Gasteiger partial charge is 0.497 e. The van der Waals surface area contributed by atoms with Crippen molar-refractivity contribution < 1.29 is 19.1 Å². The van der Waals surface area contributed by atoms with E-state index in [1.807, 2.05) is 36.0 Å². The minimum atomic E-state index is -0.583. The molecule has 1 atom stereocenters. The summed E-state index contributed by atoms with van der Waals surface area (Å²) in [7, 11) is 2.93. The van der Waals surface area contributed by atoms with Gasteiger partial charge in [-0.25, -0.2) is 9.59 Å². The number of esters is 1. The van der Waals surface area contributed by atoms with Crippen molar-refractivity contribution in [3.63, 3.8) is 0 Å². The van der Waals surface area contributed by atoms with Crippen LogP contribution in [0.4, 0.5) is 4.79 Å². The fraction of sp³-hybridized carbons (Fsp3) is 0.444. The van der Waals surface area contributed by atoms with Gasteiger partial charge in [-0.3, -0.25) is 4.90 Å². The van der Waals surface area contributed by atoms with E-state index in [0.29, 0.717) is 23.6 Å². The zero-order valence-electron chi connectivity index (χ0n) is 14.9. The number of hydrogen-bond acceptors (Lipinski definition) is 6. The summed E-state index contributed by atoms with van der Waals surface area (Å²) in [4.78, 5) is 27.0. The molecule has 0 aromatic heterocycles. The number of thioether (sulfide) groups is 1. The lowest BCUT2D eigenvalue weighted by Gasteiger charge is -2.33. The van der Waals surface area contributed by atoms with Gasteiger partial charge >= 0.3 is 12.0 Å². The van der Waals surface area contributed by atoms with E-state index in [1.54, 1.807) is 7.11 Å². The molecule has 1 aromatic carbocycles. The van der Waals surface area contributed by atoms with Gasteiger partial charge in [0.1, 0.15) is 5.75 Å². The van der Waals surface area contributed by atoms with E-state index in [2.05, 4.69) is 15.5 Å². The maximum absolute atomic E-state index is 12.5. The maximum atomic E-state index is 12.5. The molecular formula is C18H23N3O4S. The minimum Gasteiger partial charge on any atom is -0.497 e. The summed E-state index contributed by atoms with van der Waals surface area (Å²) in [6.45, 7) is 2.37. The molecule has 140 valence electrons. The predicted octanol–water partition coefficient (Wildman–Crippen LogP) is 1.52. The highest BCUT2D eigenvalue weighted by molar-refractivity contribution is 7.99. The first kappa shape index (κ1) is 18.6. The summed E-state index contributed by atoms with van der Waals surface area (Å²) in [5.41, 5.74) is 1.80. The Morgan fingerprint density at radius 2 is 2.08 bits per heavy atom. The molecule has 2 N–H and O–H groups in total. The Bertz CT molecular complexity index is 716. The van der Waals surface area contributed by atoms with Crippen LogP contribution >= 0.6 is 11.8 Å². The molecule has 3 rings (SSSR count). The van der Waals surface area contributed by atoms with Crippen LogP contribution in [0.25, 0.3) is 0 Å². The topological polar surface area (TPSA) is 79.9 Å². The third-order valence-electron chi connectivity index (χ3n) is 4.47. The second-order valence-corrected chi connectivity index (χ2v) is 7.31. The van der Waals surface area contributed by atoms with Crippen molar-refractivity contribution in [3.05, 3.63) is 41.1 Å². The van der Waals surface area contributed by atoms with Crippen molar-refractivity contribution in [2.24, 2.45) is 0 Å². The van der Waals surface area contributed by atoms with Gasteiger partial charge in [0.2, 0.25) is 0 Å². The molecule has 0 saturated carbocycles. The van der Waals surface area contributed by atoms with Gasteiger partial charge in [0.15, 0.2) is 0 Å². The molecule has 0 bridgehead atoms.